The third-order valence-electron chi connectivity index (χ3n) is 3.44. The molecule has 4 heteroatoms. The van der Waals surface area contributed by atoms with Crippen LogP contribution in [0.15, 0.2) is 22.8 Å². The number of carbonyl (C=O) groups is 1. The Morgan fingerprint density at radius 3 is 2.94 bits per heavy atom. The van der Waals surface area contributed by atoms with Crippen molar-refractivity contribution in [2.45, 2.75) is 32.1 Å². The van der Waals surface area contributed by atoms with Crippen molar-refractivity contribution in [2.24, 2.45) is 5.41 Å². The van der Waals surface area contributed by atoms with Crippen LogP contribution in [0, 0.1) is 5.41 Å². The largest absolute Gasteiger partial charge is 0.469 e. The number of aliphatic hydroxyl groups is 1. The van der Waals surface area contributed by atoms with Gasteiger partial charge in [0.15, 0.2) is 0 Å². The first-order valence-corrected chi connectivity index (χ1v) is 6.14. The zero-order chi connectivity index (χ0) is 12.1. The quantitative estimate of drug-likeness (QED) is 0.755. The predicted molar refractivity (Wildman–Crippen MR) is 63.4 cm³/mol. The van der Waals surface area contributed by atoms with E-state index in [2.05, 4.69) is 5.32 Å². The molecule has 2 N–H and O–H groups in total. The highest BCUT2D eigenvalue weighted by atomic mass is 16.3. The van der Waals surface area contributed by atoms with Crippen LogP contribution in [0.1, 0.15) is 31.4 Å². The number of hydrogen-bond acceptors (Lipinski definition) is 3. The van der Waals surface area contributed by atoms with Crippen LogP contribution in [-0.4, -0.2) is 24.2 Å². The fourth-order valence-electron chi connectivity index (χ4n) is 2.00. The topological polar surface area (TPSA) is 62.5 Å². The molecule has 0 unspecified atom stereocenters. The van der Waals surface area contributed by atoms with E-state index in [0.29, 0.717) is 19.4 Å². The van der Waals surface area contributed by atoms with Gasteiger partial charge in [0.1, 0.15) is 5.76 Å². The maximum atomic E-state index is 11.6. The van der Waals surface area contributed by atoms with Gasteiger partial charge in [0.05, 0.1) is 6.26 Å². The molecular weight excluding hydrogens is 218 g/mol. The van der Waals surface area contributed by atoms with Crippen molar-refractivity contribution in [1.29, 1.82) is 0 Å². The van der Waals surface area contributed by atoms with Crippen LogP contribution < -0.4 is 5.32 Å². The number of carbonyl (C=O) groups excluding carboxylic acids is 1. The van der Waals surface area contributed by atoms with Gasteiger partial charge in [-0.25, -0.2) is 0 Å². The Hall–Kier alpha value is -1.29. The highest BCUT2D eigenvalue weighted by Gasteiger charge is 2.41. The van der Waals surface area contributed by atoms with Crippen LogP contribution in [0.2, 0.25) is 0 Å². The fourth-order valence-corrected chi connectivity index (χ4v) is 2.00. The summed E-state index contributed by atoms with van der Waals surface area (Å²) in [4.78, 5) is 11.6. The summed E-state index contributed by atoms with van der Waals surface area (Å²) in [5.74, 6) is 0.905. The molecule has 1 saturated carbocycles. The average Bonchev–Trinajstić information content (AvgIpc) is 2.90. The molecule has 17 heavy (non-hydrogen) atoms. The molecule has 1 aliphatic rings. The number of amides is 1. The molecule has 1 fully saturated rings. The summed E-state index contributed by atoms with van der Waals surface area (Å²) in [6.45, 7) is 0.910. The van der Waals surface area contributed by atoms with E-state index in [1.165, 1.54) is 0 Å². The Morgan fingerprint density at radius 2 is 2.35 bits per heavy atom. The summed E-state index contributed by atoms with van der Waals surface area (Å²) in [5.41, 5.74) is 0.190. The van der Waals surface area contributed by atoms with Gasteiger partial charge in [0, 0.05) is 26.0 Å². The first-order valence-electron chi connectivity index (χ1n) is 6.14. The standard InChI is InChI=1S/C13H19NO3/c15-8-7-13(5-6-13)10-14-12(16)4-3-11-2-1-9-17-11/h1-2,9,15H,3-8,10H2,(H,14,16). The molecule has 1 aromatic rings. The van der Waals surface area contributed by atoms with Crippen molar-refractivity contribution < 1.29 is 14.3 Å². The Morgan fingerprint density at radius 1 is 1.53 bits per heavy atom. The summed E-state index contributed by atoms with van der Waals surface area (Å²) in [6, 6.07) is 3.70. The van der Waals surface area contributed by atoms with Gasteiger partial charge in [-0.05, 0) is 36.8 Å². The van der Waals surface area contributed by atoms with Gasteiger partial charge < -0.3 is 14.8 Å². The fraction of sp³-hybridized carbons (Fsp3) is 0.615. The second-order valence-electron chi connectivity index (χ2n) is 4.83. The number of rotatable bonds is 7. The molecule has 0 aliphatic heterocycles. The van der Waals surface area contributed by atoms with Crippen molar-refractivity contribution in [3.05, 3.63) is 24.2 Å². The third-order valence-corrected chi connectivity index (χ3v) is 3.44. The van der Waals surface area contributed by atoms with Crippen LogP contribution in [0.25, 0.3) is 0 Å². The maximum absolute atomic E-state index is 11.6. The highest BCUT2D eigenvalue weighted by Crippen LogP contribution is 2.47. The van der Waals surface area contributed by atoms with Gasteiger partial charge >= 0.3 is 0 Å². The van der Waals surface area contributed by atoms with E-state index < -0.39 is 0 Å². The van der Waals surface area contributed by atoms with E-state index >= 15 is 0 Å². The minimum Gasteiger partial charge on any atom is -0.469 e. The normalized spacial score (nSPS) is 16.8. The third kappa shape index (κ3) is 3.60. The molecule has 2 rings (SSSR count). The molecule has 4 nitrogen and oxygen atoms in total. The molecule has 0 bridgehead atoms. The van der Waals surface area contributed by atoms with E-state index in [4.69, 9.17) is 9.52 Å². The smallest absolute Gasteiger partial charge is 0.220 e. The van der Waals surface area contributed by atoms with E-state index in [-0.39, 0.29) is 17.9 Å². The molecule has 0 radical (unpaired) electrons. The molecule has 1 aromatic heterocycles. The predicted octanol–water partition coefficient (Wildman–Crippen LogP) is 1.49. The minimum absolute atomic E-state index is 0.0608. The number of nitrogens with one attached hydrogen (secondary N) is 1. The first kappa shape index (κ1) is 12.2. The Kier molecular flexibility index (Phi) is 3.84. The Bertz CT molecular complexity index is 355. The second kappa shape index (κ2) is 5.36. The van der Waals surface area contributed by atoms with Crippen LogP contribution in [-0.2, 0) is 11.2 Å². The van der Waals surface area contributed by atoms with Crippen molar-refractivity contribution in [3.8, 4) is 0 Å². The number of aryl methyl sites for hydroxylation is 1. The molecule has 1 heterocycles. The van der Waals surface area contributed by atoms with Crippen LogP contribution in [0.5, 0.6) is 0 Å². The van der Waals surface area contributed by atoms with Crippen LogP contribution in [0.4, 0.5) is 0 Å². The maximum Gasteiger partial charge on any atom is 0.220 e. The lowest BCUT2D eigenvalue weighted by molar-refractivity contribution is -0.121. The minimum atomic E-state index is 0.0608. The molecule has 0 saturated heterocycles. The lowest BCUT2D eigenvalue weighted by atomic mass is 10.0. The zero-order valence-corrected chi connectivity index (χ0v) is 9.95. The summed E-state index contributed by atoms with van der Waals surface area (Å²) in [5, 5.41) is 11.9. The van der Waals surface area contributed by atoms with Gasteiger partial charge in [-0.1, -0.05) is 0 Å². The van der Waals surface area contributed by atoms with E-state index in [1.807, 2.05) is 12.1 Å². The van der Waals surface area contributed by atoms with Gasteiger partial charge in [0.25, 0.3) is 0 Å². The van der Waals surface area contributed by atoms with E-state index in [1.54, 1.807) is 6.26 Å². The van der Waals surface area contributed by atoms with Crippen molar-refractivity contribution >= 4 is 5.91 Å². The SMILES string of the molecule is O=C(CCc1ccco1)NCC1(CCO)CC1. The van der Waals surface area contributed by atoms with Crippen molar-refractivity contribution in [1.82, 2.24) is 5.32 Å². The molecule has 0 spiro atoms. The van der Waals surface area contributed by atoms with Gasteiger partial charge in [-0.15, -0.1) is 0 Å². The lowest BCUT2D eigenvalue weighted by Gasteiger charge is -2.14. The molecule has 0 atom stereocenters. The van der Waals surface area contributed by atoms with Crippen molar-refractivity contribution in [2.75, 3.05) is 13.2 Å². The Labute approximate surface area is 101 Å². The van der Waals surface area contributed by atoms with Gasteiger partial charge in [-0.3, -0.25) is 4.79 Å². The van der Waals surface area contributed by atoms with Crippen LogP contribution >= 0.6 is 0 Å². The highest BCUT2D eigenvalue weighted by molar-refractivity contribution is 5.76. The molecule has 94 valence electrons. The monoisotopic (exact) mass is 237 g/mol. The molecular formula is C13H19NO3. The van der Waals surface area contributed by atoms with Crippen molar-refractivity contribution in [3.63, 3.8) is 0 Å². The summed E-state index contributed by atoms with van der Waals surface area (Å²) in [7, 11) is 0. The van der Waals surface area contributed by atoms with Gasteiger partial charge in [0.2, 0.25) is 5.91 Å². The number of hydrogen-bond donors (Lipinski definition) is 2. The number of aliphatic hydroxyl groups excluding tert-OH is 1. The zero-order valence-electron chi connectivity index (χ0n) is 9.95. The second-order valence-corrected chi connectivity index (χ2v) is 4.83. The van der Waals surface area contributed by atoms with E-state index in [0.717, 1.165) is 25.0 Å². The summed E-state index contributed by atoms with van der Waals surface area (Å²) < 4.78 is 5.17. The van der Waals surface area contributed by atoms with Gasteiger partial charge in [-0.2, -0.15) is 0 Å². The average molecular weight is 237 g/mol. The molecule has 1 amide bonds. The molecule has 0 aromatic carbocycles. The Balaban J connectivity index is 1.64. The molecule has 1 aliphatic carbocycles. The summed E-state index contributed by atoms with van der Waals surface area (Å²) >= 11 is 0. The van der Waals surface area contributed by atoms with E-state index in [9.17, 15) is 4.79 Å². The van der Waals surface area contributed by atoms with Crippen LogP contribution in [0.3, 0.4) is 0 Å². The summed E-state index contributed by atoms with van der Waals surface area (Å²) in [6.07, 6.45) is 5.76. The first-order chi connectivity index (χ1) is 8.24. The number of furan rings is 1. The lowest BCUT2D eigenvalue weighted by Crippen LogP contribution is -2.30.